The van der Waals surface area contributed by atoms with Gasteiger partial charge in [0.15, 0.2) is 0 Å². The molecule has 1 saturated heterocycles. The van der Waals surface area contributed by atoms with Crippen molar-refractivity contribution in [1.29, 1.82) is 0 Å². The average molecular weight is 347 g/mol. The molecule has 3 rings (SSSR count). The van der Waals surface area contributed by atoms with Crippen LogP contribution in [0.3, 0.4) is 0 Å². The number of anilines is 1. The summed E-state index contributed by atoms with van der Waals surface area (Å²) in [6.45, 7) is 5.54. The summed E-state index contributed by atoms with van der Waals surface area (Å²) < 4.78 is 1.77. The molecule has 0 radical (unpaired) electrons. The topological polar surface area (TPSA) is 50.2 Å². The van der Waals surface area contributed by atoms with Crippen LogP contribution in [0.5, 0.6) is 0 Å². The Hall–Kier alpha value is -1.85. The number of hydrogen-bond donors (Lipinski definition) is 1. The highest BCUT2D eigenvalue weighted by Gasteiger charge is 2.33. The van der Waals surface area contributed by atoms with Gasteiger partial charge in [-0.15, -0.1) is 0 Å². The first kappa shape index (κ1) is 17.0. The van der Waals surface area contributed by atoms with Crippen LogP contribution in [0, 0.1) is 6.92 Å². The molecule has 5 nitrogen and oxygen atoms in total. The van der Waals surface area contributed by atoms with Crippen molar-refractivity contribution in [3.63, 3.8) is 0 Å². The fourth-order valence-electron chi connectivity index (χ4n) is 3.20. The van der Waals surface area contributed by atoms with Gasteiger partial charge in [-0.2, -0.15) is 5.10 Å². The van der Waals surface area contributed by atoms with E-state index in [-0.39, 0.29) is 11.9 Å². The van der Waals surface area contributed by atoms with E-state index in [0.29, 0.717) is 5.92 Å². The Balaban J connectivity index is 1.61. The summed E-state index contributed by atoms with van der Waals surface area (Å²) in [4.78, 5) is 14.5. The second-order valence-electron chi connectivity index (χ2n) is 6.46. The van der Waals surface area contributed by atoms with E-state index in [2.05, 4.69) is 23.4 Å². The van der Waals surface area contributed by atoms with Gasteiger partial charge in [0.2, 0.25) is 5.91 Å². The third-order valence-electron chi connectivity index (χ3n) is 4.55. The van der Waals surface area contributed by atoms with E-state index in [1.807, 2.05) is 43.1 Å². The zero-order chi connectivity index (χ0) is 17.3. The monoisotopic (exact) mass is 346 g/mol. The van der Waals surface area contributed by atoms with Crippen LogP contribution in [0.15, 0.2) is 30.3 Å². The number of nitrogens with one attached hydrogen (secondary N) is 1. The van der Waals surface area contributed by atoms with Gasteiger partial charge in [-0.1, -0.05) is 30.7 Å². The lowest BCUT2D eigenvalue weighted by atomic mass is 10.0. The quantitative estimate of drug-likeness (QED) is 0.905. The molecule has 2 atom stereocenters. The lowest BCUT2D eigenvalue weighted by molar-refractivity contribution is -0.118. The molecule has 1 fully saturated rings. The zero-order valence-corrected chi connectivity index (χ0v) is 15.0. The van der Waals surface area contributed by atoms with Gasteiger partial charge in [0.05, 0.1) is 11.7 Å². The largest absolute Gasteiger partial charge is 0.305 e. The number of carbonyl (C=O) groups is 1. The molecule has 0 saturated carbocycles. The Morgan fingerprint density at radius 3 is 2.88 bits per heavy atom. The van der Waals surface area contributed by atoms with Crippen LogP contribution in [0.1, 0.15) is 30.5 Å². The first-order valence-electron chi connectivity index (χ1n) is 8.26. The normalized spacial score (nSPS) is 19.1. The van der Waals surface area contributed by atoms with Gasteiger partial charge in [0, 0.05) is 31.2 Å². The van der Waals surface area contributed by atoms with Crippen LogP contribution < -0.4 is 10.2 Å². The molecule has 1 N–H and O–H groups in total. The smallest absolute Gasteiger partial charge is 0.245 e. The van der Waals surface area contributed by atoms with Crippen LogP contribution in [0.25, 0.3) is 0 Å². The van der Waals surface area contributed by atoms with Crippen molar-refractivity contribution < 1.29 is 4.79 Å². The number of nitrogens with zero attached hydrogens (tertiary/aromatic N) is 3. The summed E-state index contributed by atoms with van der Waals surface area (Å²) in [6, 6.07) is 9.70. The van der Waals surface area contributed by atoms with Gasteiger partial charge in [0.1, 0.15) is 5.82 Å². The van der Waals surface area contributed by atoms with Crippen LogP contribution in [0.4, 0.5) is 5.82 Å². The van der Waals surface area contributed by atoms with Gasteiger partial charge < -0.3 is 5.32 Å². The molecule has 6 heteroatoms. The van der Waals surface area contributed by atoms with Crippen molar-refractivity contribution in [2.24, 2.45) is 7.05 Å². The second kappa shape index (κ2) is 6.95. The summed E-state index contributed by atoms with van der Waals surface area (Å²) in [5.74, 6) is 1.28. The molecule has 0 aliphatic carbocycles. The third kappa shape index (κ3) is 3.47. The maximum absolute atomic E-state index is 12.7. The fourth-order valence-corrected chi connectivity index (χ4v) is 3.40. The summed E-state index contributed by atoms with van der Waals surface area (Å²) >= 11 is 6.05. The van der Waals surface area contributed by atoms with E-state index < -0.39 is 0 Å². The summed E-state index contributed by atoms with van der Waals surface area (Å²) in [5.41, 5.74) is 2.10. The summed E-state index contributed by atoms with van der Waals surface area (Å²) in [7, 11) is 1.87. The molecule has 24 heavy (non-hydrogen) atoms. The van der Waals surface area contributed by atoms with Crippen molar-refractivity contribution in [2.75, 3.05) is 18.0 Å². The number of benzene rings is 1. The minimum absolute atomic E-state index is 0.122. The molecule has 1 aliphatic heterocycles. The Labute approximate surface area is 147 Å². The predicted octanol–water partition coefficient (Wildman–Crippen LogP) is 2.88. The van der Waals surface area contributed by atoms with Crippen molar-refractivity contribution in [3.8, 4) is 0 Å². The van der Waals surface area contributed by atoms with E-state index >= 15 is 0 Å². The summed E-state index contributed by atoms with van der Waals surface area (Å²) in [6.07, 6.45) is 0.811. The van der Waals surface area contributed by atoms with Gasteiger partial charge in [-0.3, -0.25) is 14.4 Å². The predicted molar refractivity (Wildman–Crippen MR) is 96.6 cm³/mol. The average Bonchev–Trinajstić information content (AvgIpc) is 3.06. The van der Waals surface area contributed by atoms with Crippen LogP contribution in [-0.4, -0.2) is 34.8 Å². The lowest BCUT2D eigenvalue weighted by Crippen LogP contribution is -2.40. The number of carbonyl (C=O) groups excluding carboxylic acids is 1. The molecular formula is C18H23ClN4O. The van der Waals surface area contributed by atoms with E-state index in [1.165, 1.54) is 5.56 Å². The molecule has 2 aromatic rings. The van der Waals surface area contributed by atoms with Gasteiger partial charge in [-0.25, -0.2) is 0 Å². The van der Waals surface area contributed by atoms with Crippen molar-refractivity contribution in [2.45, 2.75) is 32.2 Å². The number of halogens is 1. The second-order valence-corrected chi connectivity index (χ2v) is 6.90. The molecule has 2 heterocycles. The summed E-state index contributed by atoms with van der Waals surface area (Å²) in [5, 5.41) is 8.48. The molecule has 0 unspecified atom stereocenters. The molecule has 0 bridgehead atoms. The maximum atomic E-state index is 12.7. The number of amides is 1. The number of aryl methyl sites for hydroxylation is 2. The van der Waals surface area contributed by atoms with Gasteiger partial charge in [-0.05, 0) is 37.0 Å². The van der Waals surface area contributed by atoms with Crippen molar-refractivity contribution in [1.82, 2.24) is 15.1 Å². The van der Waals surface area contributed by atoms with E-state index in [0.717, 1.165) is 36.0 Å². The number of hydrogen-bond acceptors (Lipinski definition) is 3. The number of rotatable bonds is 5. The zero-order valence-electron chi connectivity index (χ0n) is 14.3. The highest BCUT2D eigenvalue weighted by Crippen LogP contribution is 2.23. The maximum Gasteiger partial charge on any atom is 0.245 e. The van der Waals surface area contributed by atoms with Crippen LogP contribution in [-0.2, 0) is 11.8 Å². The molecule has 1 aromatic carbocycles. The van der Waals surface area contributed by atoms with Gasteiger partial charge in [0.25, 0.3) is 0 Å². The standard InChI is InChI=1S/C18H23ClN4O/c1-12(14-5-4-6-15(19)10-14)11-20-16-7-8-23(18(16)24)17-9-13(2)21-22(17)3/h4-6,9-10,12,16,20H,7-8,11H2,1-3H3/t12-,16-/m0/s1. The Morgan fingerprint density at radius 1 is 1.42 bits per heavy atom. The number of aromatic nitrogens is 2. The van der Waals surface area contributed by atoms with Crippen molar-refractivity contribution >= 4 is 23.3 Å². The molecule has 1 aliphatic rings. The Kier molecular flexibility index (Phi) is 4.92. The third-order valence-corrected chi connectivity index (χ3v) is 4.78. The molecule has 128 valence electrons. The van der Waals surface area contributed by atoms with Crippen molar-refractivity contribution in [3.05, 3.63) is 46.6 Å². The van der Waals surface area contributed by atoms with Crippen LogP contribution in [0.2, 0.25) is 5.02 Å². The molecule has 1 amide bonds. The molecule has 1 aromatic heterocycles. The van der Waals surface area contributed by atoms with Crippen LogP contribution >= 0.6 is 11.6 Å². The minimum atomic E-state index is -0.137. The van der Waals surface area contributed by atoms with E-state index in [4.69, 9.17) is 11.6 Å². The molecular weight excluding hydrogens is 324 g/mol. The first-order chi connectivity index (χ1) is 11.5. The molecule has 0 spiro atoms. The van der Waals surface area contributed by atoms with E-state index in [9.17, 15) is 4.79 Å². The lowest BCUT2D eigenvalue weighted by Gasteiger charge is -2.19. The van der Waals surface area contributed by atoms with Gasteiger partial charge >= 0.3 is 0 Å². The SMILES string of the molecule is Cc1cc(N2CC[C@H](NC[C@H](C)c3cccc(Cl)c3)C2=O)n(C)n1. The first-order valence-corrected chi connectivity index (χ1v) is 8.64. The Bertz CT molecular complexity index is 742. The minimum Gasteiger partial charge on any atom is -0.305 e. The highest BCUT2D eigenvalue weighted by molar-refractivity contribution is 6.30. The van der Waals surface area contributed by atoms with E-state index in [1.54, 1.807) is 4.68 Å². The Morgan fingerprint density at radius 2 is 2.21 bits per heavy atom. The fraction of sp³-hybridized carbons (Fsp3) is 0.444. The highest BCUT2D eigenvalue weighted by atomic mass is 35.5.